The van der Waals surface area contributed by atoms with Gasteiger partial charge in [0.2, 0.25) is 0 Å². The van der Waals surface area contributed by atoms with Gasteiger partial charge in [-0.1, -0.05) is 29.8 Å². The van der Waals surface area contributed by atoms with Gasteiger partial charge in [-0.15, -0.1) is 0 Å². The molecule has 0 saturated carbocycles. The number of phenols is 1. The third-order valence-corrected chi connectivity index (χ3v) is 3.13. The lowest BCUT2D eigenvalue weighted by atomic mass is 10.1. The molecule has 0 fully saturated rings. The van der Waals surface area contributed by atoms with Gasteiger partial charge < -0.3 is 10.5 Å². The SMILES string of the molecule is C/C(=N/NCc1ccccc1Cl)c1ccc(O)cc1. The Kier molecular flexibility index (Phi) is 4.42. The molecule has 0 amide bonds. The number of hydrogen-bond acceptors (Lipinski definition) is 3. The molecule has 2 N–H and O–H groups in total. The van der Waals surface area contributed by atoms with Crippen LogP contribution in [0.1, 0.15) is 18.1 Å². The number of nitrogens with zero attached hydrogens (tertiary/aromatic N) is 1. The molecule has 98 valence electrons. The van der Waals surface area contributed by atoms with E-state index in [-0.39, 0.29) is 5.75 Å². The second-order valence-electron chi connectivity index (χ2n) is 4.17. The summed E-state index contributed by atoms with van der Waals surface area (Å²) in [7, 11) is 0. The molecule has 0 aliphatic rings. The van der Waals surface area contributed by atoms with Crippen molar-refractivity contribution in [2.75, 3.05) is 0 Å². The number of nitrogens with one attached hydrogen (secondary N) is 1. The molecular formula is C15H15ClN2O. The number of aromatic hydroxyl groups is 1. The fourth-order valence-electron chi connectivity index (χ4n) is 1.65. The predicted molar refractivity (Wildman–Crippen MR) is 78.6 cm³/mol. The molecule has 19 heavy (non-hydrogen) atoms. The summed E-state index contributed by atoms with van der Waals surface area (Å²) in [6.07, 6.45) is 0. The summed E-state index contributed by atoms with van der Waals surface area (Å²) in [4.78, 5) is 0. The van der Waals surface area contributed by atoms with Crippen LogP contribution in [0, 0.1) is 0 Å². The van der Waals surface area contributed by atoms with Gasteiger partial charge in [-0.25, -0.2) is 0 Å². The van der Waals surface area contributed by atoms with E-state index in [1.807, 2.05) is 43.3 Å². The summed E-state index contributed by atoms with van der Waals surface area (Å²) in [6, 6.07) is 14.6. The fourth-order valence-corrected chi connectivity index (χ4v) is 1.85. The Morgan fingerprint density at radius 2 is 1.84 bits per heavy atom. The minimum atomic E-state index is 0.251. The van der Waals surface area contributed by atoms with E-state index in [0.717, 1.165) is 21.9 Å². The van der Waals surface area contributed by atoms with E-state index in [2.05, 4.69) is 10.5 Å². The highest BCUT2D eigenvalue weighted by Gasteiger charge is 1.99. The van der Waals surface area contributed by atoms with Crippen LogP contribution in [0.3, 0.4) is 0 Å². The van der Waals surface area contributed by atoms with Crippen molar-refractivity contribution in [3.05, 3.63) is 64.7 Å². The zero-order valence-corrected chi connectivity index (χ0v) is 11.4. The lowest BCUT2D eigenvalue weighted by Gasteiger charge is -2.05. The molecule has 0 saturated heterocycles. The van der Waals surface area contributed by atoms with Crippen molar-refractivity contribution in [1.29, 1.82) is 0 Å². The van der Waals surface area contributed by atoms with E-state index >= 15 is 0 Å². The number of hydrazone groups is 1. The van der Waals surface area contributed by atoms with E-state index in [9.17, 15) is 5.11 Å². The molecule has 4 heteroatoms. The Hall–Kier alpha value is -2.00. The van der Waals surface area contributed by atoms with Gasteiger partial charge >= 0.3 is 0 Å². The Balaban J connectivity index is 1.99. The highest BCUT2D eigenvalue weighted by molar-refractivity contribution is 6.31. The molecule has 3 nitrogen and oxygen atoms in total. The Bertz CT molecular complexity index is 579. The van der Waals surface area contributed by atoms with Crippen LogP contribution in [-0.2, 0) is 6.54 Å². The minimum absolute atomic E-state index is 0.251. The first kappa shape index (κ1) is 13.4. The highest BCUT2D eigenvalue weighted by atomic mass is 35.5. The summed E-state index contributed by atoms with van der Waals surface area (Å²) in [6.45, 7) is 2.49. The highest BCUT2D eigenvalue weighted by Crippen LogP contribution is 2.14. The molecule has 2 rings (SSSR count). The minimum Gasteiger partial charge on any atom is -0.508 e. The number of phenolic OH excluding ortho intramolecular Hbond substituents is 1. The number of benzene rings is 2. The summed E-state index contributed by atoms with van der Waals surface area (Å²) in [5, 5.41) is 14.2. The van der Waals surface area contributed by atoms with Crippen LogP contribution in [0.2, 0.25) is 5.02 Å². The molecule has 0 aliphatic carbocycles. The molecule has 0 atom stereocenters. The second kappa shape index (κ2) is 6.25. The molecule has 0 spiro atoms. The van der Waals surface area contributed by atoms with Crippen molar-refractivity contribution in [1.82, 2.24) is 5.43 Å². The van der Waals surface area contributed by atoms with Crippen LogP contribution >= 0.6 is 11.6 Å². The van der Waals surface area contributed by atoms with Crippen molar-refractivity contribution in [3.8, 4) is 5.75 Å². The molecule has 0 aliphatic heterocycles. The molecular weight excluding hydrogens is 260 g/mol. The van der Waals surface area contributed by atoms with Gasteiger partial charge in [0.15, 0.2) is 0 Å². The van der Waals surface area contributed by atoms with Crippen LogP contribution in [-0.4, -0.2) is 10.8 Å². The third-order valence-electron chi connectivity index (χ3n) is 2.76. The normalized spacial score (nSPS) is 11.4. The van der Waals surface area contributed by atoms with Crippen molar-refractivity contribution in [3.63, 3.8) is 0 Å². The van der Waals surface area contributed by atoms with Gasteiger partial charge in [-0.2, -0.15) is 5.10 Å². The average molecular weight is 275 g/mol. The largest absolute Gasteiger partial charge is 0.508 e. The monoisotopic (exact) mass is 274 g/mol. The van der Waals surface area contributed by atoms with Gasteiger partial charge in [0.05, 0.1) is 12.3 Å². The maximum atomic E-state index is 9.22. The van der Waals surface area contributed by atoms with E-state index in [1.54, 1.807) is 12.1 Å². The van der Waals surface area contributed by atoms with E-state index in [4.69, 9.17) is 11.6 Å². The smallest absolute Gasteiger partial charge is 0.115 e. The van der Waals surface area contributed by atoms with Gasteiger partial charge in [0.25, 0.3) is 0 Å². The topological polar surface area (TPSA) is 44.6 Å². The van der Waals surface area contributed by atoms with Gasteiger partial charge in [0.1, 0.15) is 5.75 Å². The van der Waals surface area contributed by atoms with Gasteiger partial charge in [0, 0.05) is 5.02 Å². The van der Waals surface area contributed by atoms with Crippen LogP contribution in [0.15, 0.2) is 53.6 Å². The first-order valence-corrected chi connectivity index (χ1v) is 6.34. The molecule has 0 radical (unpaired) electrons. The quantitative estimate of drug-likeness (QED) is 0.661. The maximum Gasteiger partial charge on any atom is 0.115 e. The zero-order chi connectivity index (χ0) is 13.7. The Morgan fingerprint density at radius 1 is 1.16 bits per heavy atom. The molecule has 0 heterocycles. The lowest BCUT2D eigenvalue weighted by molar-refractivity contribution is 0.475. The average Bonchev–Trinajstić information content (AvgIpc) is 2.41. The molecule has 2 aromatic rings. The lowest BCUT2D eigenvalue weighted by Crippen LogP contribution is -2.09. The fraction of sp³-hybridized carbons (Fsp3) is 0.133. The summed E-state index contributed by atoms with van der Waals surface area (Å²) < 4.78 is 0. The summed E-state index contributed by atoms with van der Waals surface area (Å²) in [5.74, 6) is 0.251. The van der Waals surface area contributed by atoms with Crippen LogP contribution in [0.25, 0.3) is 0 Å². The predicted octanol–water partition coefficient (Wildman–Crippen LogP) is 3.56. The molecule has 2 aromatic carbocycles. The molecule has 0 unspecified atom stereocenters. The van der Waals surface area contributed by atoms with Crippen molar-refractivity contribution in [2.45, 2.75) is 13.5 Å². The molecule has 0 bridgehead atoms. The van der Waals surface area contributed by atoms with Crippen LogP contribution in [0.4, 0.5) is 0 Å². The second-order valence-corrected chi connectivity index (χ2v) is 4.58. The summed E-state index contributed by atoms with van der Waals surface area (Å²) >= 11 is 6.06. The molecule has 0 aromatic heterocycles. The number of hydrogen-bond donors (Lipinski definition) is 2. The van der Waals surface area contributed by atoms with Gasteiger partial charge in [-0.3, -0.25) is 0 Å². The standard InChI is InChI=1S/C15H15ClN2O/c1-11(12-6-8-14(19)9-7-12)18-17-10-13-4-2-3-5-15(13)16/h2-9,17,19H,10H2,1H3/b18-11-. The third kappa shape index (κ3) is 3.73. The van der Waals surface area contributed by atoms with Crippen LogP contribution in [0.5, 0.6) is 5.75 Å². The van der Waals surface area contributed by atoms with Crippen molar-refractivity contribution < 1.29 is 5.11 Å². The zero-order valence-electron chi connectivity index (χ0n) is 10.6. The van der Waals surface area contributed by atoms with E-state index in [1.165, 1.54) is 0 Å². The van der Waals surface area contributed by atoms with E-state index in [0.29, 0.717) is 6.54 Å². The van der Waals surface area contributed by atoms with E-state index < -0.39 is 0 Å². The number of rotatable bonds is 4. The van der Waals surface area contributed by atoms with Crippen LogP contribution < -0.4 is 5.43 Å². The number of halogens is 1. The van der Waals surface area contributed by atoms with Gasteiger partial charge in [-0.05, 0) is 48.4 Å². The van der Waals surface area contributed by atoms with Crippen molar-refractivity contribution >= 4 is 17.3 Å². The van der Waals surface area contributed by atoms with Crippen molar-refractivity contribution in [2.24, 2.45) is 5.10 Å². The Labute approximate surface area is 117 Å². The maximum absolute atomic E-state index is 9.22. The first-order chi connectivity index (χ1) is 9.16. The first-order valence-electron chi connectivity index (χ1n) is 5.97. The Morgan fingerprint density at radius 3 is 2.53 bits per heavy atom. The summed E-state index contributed by atoms with van der Waals surface area (Å²) in [5.41, 5.74) is 5.82.